The smallest absolute Gasteiger partial charge is 0.295 e. The van der Waals surface area contributed by atoms with Gasteiger partial charge in [0.15, 0.2) is 0 Å². The maximum atomic E-state index is 13.1. The van der Waals surface area contributed by atoms with Gasteiger partial charge in [-0.25, -0.2) is 0 Å². The molecule has 1 N–H and O–H groups in total. The summed E-state index contributed by atoms with van der Waals surface area (Å²) in [5.74, 6) is -0.392. The van der Waals surface area contributed by atoms with E-state index in [-0.39, 0.29) is 17.4 Å². The number of carbonyl (C=O) groups excluding carboxylic acids is 2. The molecule has 1 unspecified atom stereocenters. The fourth-order valence-corrected chi connectivity index (χ4v) is 4.53. The van der Waals surface area contributed by atoms with Gasteiger partial charge < -0.3 is 19.5 Å². The third kappa shape index (κ3) is 3.32. The molecular weight excluding hydrogens is 382 g/mol. The van der Waals surface area contributed by atoms with Gasteiger partial charge >= 0.3 is 0 Å². The van der Waals surface area contributed by atoms with Gasteiger partial charge in [-0.3, -0.25) is 9.59 Å². The highest BCUT2D eigenvalue weighted by Gasteiger charge is 2.49. The van der Waals surface area contributed by atoms with Crippen LogP contribution in [-0.4, -0.2) is 42.0 Å². The fourth-order valence-electron chi connectivity index (χ4n) is 4.53. The Morgan fingerprint density at radius 2 is 1.73 bits per heavy atom. The molecule has 156 valence electrons. The lowest BCUT2D eigenvalue weighted by Crippen LogP contribution is -2.37. The minimum absolute atomic E-state index is 0.0272. The maximum absolute atomic E-state index is 13.1. The number of aliphatic hydroxyl groups is 1. The summed E-state index contributed by atoms with van der Waals surface area (Å²) in [5, 5.41) is 11.2. The standard InChI is InChI=1S/C24H25NO5/c1-29-17-11-7-8-15(14-17)21-20(22(26)18-12-5-6-13-19(18)30-2)23(27)24(28)25(21)16-9-3-4-10-16/h5-8,11-14,16,21,26H,3-4,9-10H2,1-2H3/b22-20-. The minimum Gasteiger partial charge on any atom is -0.507 e. The second-order valence-electron chi connectivity index (χ2n) is 7.62. The van der Waals surface area contributed by atoms with Gasteiger partial charge in [-0.05, 0) is 42.7 Å². The zero-order valence-electron chi connectivity index (χ0n) is 17.1. The van der Waals surface area contributed by atoms with Crippen LogP contribution in [0.25, 0.3) is 5.76 Å². The molecule has 2 aromatic carbocycles. The molecule has 2 aliphatic rings. The molecule has 2 aromatic rings. The molecule has 1 saturated heterocycles. The van der Waals surface area contributed by atoms with Crippen LogP contribution in [-0.2, 0) is 9.59 Å². The molecule has 0 aromatic heterocycles. The normalized spacial score (nSPS) is 21.3. The minimum atomic E-state index is -0.673. The number of para-hydroxylation sites is 1. The first kappa shape index (κ1) is 20.0. The monoisotopic (exact) mass is 407 g/mol. The highest BCUT2D eigenvalue weighted by atomic mass is 16.5. The summed E-state index contributed by atoms with van der Waals surface area (Å²) in [5.41, 5.74) is 1.21. The summed E-state index contributed by atoms with van der Waals surface area (Å²) < 4.78 is 10.7. The SMILES string of the molecule is COc1cccc(C2/C(=C(/O)c3ccccc3OC)C(=O)C(=O)N2C2CCCC2)c1. The first-order valence-electron chi connectivity index (χ1n) is 10.1. The van der Waals surface area contributed by atoms with E-state index in [0.717, 1.165) is 31.2 Å². The number of likely N-dealkylation sites (tertiary alicyclic amines) is 1. The fraction of sp³-hybridized carbons (Fsp3) is 0.333. The van der Waals surface area contributed by atoms with Crippen molar-refractivity contribution in [2.45, 2.75) is 37.8 Å². The van der Waals surface area contributed by atoms with Gasteiger partial charge in [0.05, 0.1) is 31.4 Å². The van der Waals surface area contributed by atoms with E-state index < -0.39 is 17.7 Å². The number of hydrogen-bond donors (Lipinski definition) is 1. The number of aliphatic hydroxyl groups excluding tert-OH is 1. The third-order valence-electron chi connectivity index (χ3n) is 5.97. The van der Waals surface area contributed by atoms with E-state index in [4.69, 9.17) is 9.47 Å². The summed E-state index contributed by atoms with van der Waals surface area (Å²) in [7, 11) is 3.07. The molecule has 0 radical (unpaired) electrons. The van der Waals surface area contributed by atoms with E-state index in [1.807, 2.05) is 24.3 Å². The van der Waals surface area contributed by atoms with Gasteiger partial charge in [0.25, 0.3) is 11.7 Å². The van der Waals surface area contributed by atoms with Gasteiger partial charge in [0.1, 0.15) is 17.3 Å². The molecule has 0 spiro atoms. The number of ketones is 1. The Morgan fingerprint density at radius 1 is 1.00 bits per heavy atom. The van der Waals surface area contributed by atoms with Gasteiger partial charge in [-0.15, -0.1) is 0 Å². The van der Waals surface area contributed by atoms with Gasteiger partial charge in [-0.2, -0.15) is 0 Å². The summed E-state index contributed by atoms with van der Waals surface area (Å²) in [6, 6.07) is 13.5. The Balaban J connectivity index is 1.92. The Bertz CT molecular complexity index is 1010. The lowest BCUT2D eigenvalue weighted by Gasteiger charge is -2.31. The van der Waals surface area contributed by atoms with Crippen molar-refractivity contribution in [3.8, 4) is 11.5 Å². The van der Waals surface area contributed by atoms with E-state index in [0.29, 0.717) is 17.1 Å². The summed E-state index contributed by atoms with van der Waals surface area (Å²) in [4.78, 5) is 27.9. The molecular formula is C24H25NO5. The number of ether oxygens (including phenoxy) is 2. The second kappa shape index (κ2) is 8.22. The predicted octanol–water partition coefficient (Wildman–Crippen LogP) is 4.07. The van der Waals surface area contributed by atoms with Crippen LogP contribution in [0.3, 0.4) is 0 Å². The molecule has 0 bridgehead atoms. The van der Waals surface area contributed by atoms with Crippen molar-refractivity contribution in [3.05, 3.63) is 65.2 Å². The molecule has 6 nitrogen and oxygen atoms in total. The van der Waals surface area contributed by atoms with Crippen LogP contribution in [0.5, 0.6) is 11.5 Å². The molecule has 1 heterocycles. The second-order valence-corrected chi connectivity index (χ2v) is 7.62. The van der Waals surface area contributed by atoms with Crippen LogP contribution in [0.15, 0.2) is 54.1 Å². The zero-order valence-corrected chi connectivity index (χ0v) is 17.1. The van der Waals surface area contributed by atoms with E-state index in [9.17, 15) is 14.7 Å². The maximum Gasteiger partial charge on any atom is 0.295 e. The average molecular weight is 407 g/mol. The Labute approximate surface area is 175 Å². The van der Waals surface area contributed by atoms with Crippen LogP contribution in [0.2, 0.25) is 0 Å². The van der Waals surface area contributed by atoms with Crippen LogP contribution < -0.4 is 9.47 Å². The van der Waals surface area contributed by atoms with Crippen LogP contribution in [0.4, 0.5) is 0 Å². The van der Waals surface area contributed by atoms with E-state index in [1.54, 1.807) is 36.3 Å². The van der Waals surface area contributed by atoms with Gasteiger partial charge in [0.2, 0.25) is 0 Å². The van der Waals surface area contributed by atoms with Crippen LogP contribution in [0, 0.1) is 0 Å². The van der Waals surface area contributed by atoms with Crippen molar-refractivity contribution >= 4 is 17.4 Å². The highest BCUT2D eigenvalue weighted by molar-refractivity contribution is 6.46. The number of hydrogen-bond acceptors (Lipinski definition) is 5. The molecule has 2 fully saturated rings. The third-order valence-corrected chi connectivity index (χ3v) is 5.97. The molecule has 30 heavy (non-hydrogen) atoms. The topological polar surface area (TPSA) is 76.1 Å². The number of Topliss-reactive ketones (excluding diaryl/α,β-unsaturated/α-hetero) is 1. The van der Waals surface area contributed by atoms with Crippen molar-refractivity contribution < 1.29 is 24.2 Å². The molecule has 6 heteroatoms. The summed E-state index contributed by atoms with van der Waals surface area (Å²) >= 11 is 0. The van der Waals surface area contributed by atoms with Crippen molar-refractivity contribution in [1.29, 1.82) is 0 Å². The number of rotatable bonds is 5. The number of methoxy groups -OCH3 is 2. The van der Waals surface area contributed by atoms with Crippen molar-refractivity contribution in [2.24, 2.45) is 0 Å². The predicted molar refractivity (Wildman–Crippen MR) is 112 cm³/mol. The van der Waals surface area contributed by atoms with E-state index >= 15 is 0 Å². The van der Waals surface area contributed by atoms with E-state index in [2.05, 4.69) is 0 Å². The van der Waals surface area contributed by atoms with Crippen LogP contribution in [0.1, 0.15) is 42.9 Å². The van der Waals surface area contributed by atoms with Crippen molar-refractivity contribution in [2.75, 3.05) is 14.2 Å². The Hall–Kier alpha value is -3.28. The summed E-state index contributed by atoms with van der Waals surface area (Å²) in [6.45, 7) is 0. The Kier molecular flexibility index (Phi) is 5.48. The quantitative estimate of drug-likeness (QED) is 0.459. The first-order chi connectivity index (χ1) is 14.6. The lowest BCUT2D eigenvalue weighted by atomic mass is 9.94. The molecule has 1 amide bonds. The van der Waals surface area contributed by atoms with Crippen LogP contribution >= 0.6 is 0 Å². The summed E-state index contributed by atoms with van der Waals surface area (Å²) in [6.07, 6.45) is 3.74. The number of benzene rings is 2. The first-order valence-corrected chi connectivity index (χ1v) is 10.1. The van der Waals surface area contributed by atoms with E-state index in [1.165, 1.54) is 7.11 Å². The largest absolute Gasteiger partial charge is 0.507 e. The highest BCUT2D eigenvalue weighted by Crippen LogP contribution is 2.44. The lowest BCUT2D eigenvalue weighted by molar-refractivity contribution is -0.141. The number of nitrogens with zero attached hydrogens (tertiary/aromatic N) is 1. The number of carbonyl (C=O) groups is 2. The average Bonchev–Trinajstić information content (AvgIpc) is 3.40. The van der Waals surface area contributed by atoms with Crippen molar-refractivity contribution in [1.82, 2.24) is 4.90 Å². The zero-order chi connectivity index (χ0) is 21.3. The van der Waals surface area contributed by atoms with Crippen molar-refractivity contribution in [3.63, 3.8) is 0 Å². The molecule has 1 aliphatic carbocycles. The molecule has 4 rings (SSSR count). The molecule has 1 atom stereocenters. The Morgan fingerprint density at radius 3 is 2.43 bits per heavy atom. The molecule has 1 saturated carbocycles. The molecule has 1 aliphatic heterocycles. The van der Waals surface area contributed by atoms with Gasteiger partial charge in [0, 0.05) is 6.04 Å². The van der Waals surface area contributed by atoms with Gasteiger partial charge in [-0.1, -0.05) is 37.1 Å². The number of amides is 1.